The van der Waals surface area contributed by atoms with Gasteiger partial charge < -0.3 is 24.6 Å². The van der Waals surface area contributed by atoms with Crippen LogP contribution in [0.15, 0.2) is 33.9 Å². The van der Waals surface area contributed by atoms with Gasteiger partial charge in [-0.3, -0.25) is 9.98 Å². The molecule has 1 aliphatic heterocycles. The topological polar surface area (TPSA) is 107 Å². The van der Waals surface area contributed by atoms with Crippen molar-refractivity contribution in [3.05, 3.63) is 30.2 Å². The first-order valence-electron chi connectivity index (χ1n) is 9.73. The lowest BCUT2D eigenvalue weighted by Crippen LogP contribution is -2.39. The average molecular weight is 516 g/mol. The standard InChI is InChI=1S/C19H28N6O3.HI/c1-20-19(22-10-5-12-26-14-15-6-4-13-27-15)23-11-8-17-24-18(28-25-17)16-7-2-3-9-21-16;/h2-3,7,9,15H,4-6,8,10-14H2,1H3,(H2,20,22,23);1H. The Kier molecular flexibility index (Phi) is 10.9. The molecule has 0 spiro atoms. The zero-order valence-electron chi connectivity index (χ0n) is 16.7. The molecule has 3 heterocycles. The van der Waals surface area contributed by atoms with Crippen molar-refractivity contribution in [1.82, 2.24) is 25.8 Å². The van der Waals surface area contributed by atoms with E-state index in [2.05, 4.69) is 30.8 Å². The van der Waals surface area contributed by atoms with Crippen LogP contribution in [0.1, 0.15) is 25.1 Å². The molecule has 0 aliphatic carbocycles. The molecular weight excluding hydrogens is 487 g/mol. The lowest BCUT2D eigenvalue weighted by Gasteiger charge is -2.12. The summed E-state index contributed by atoms with van der Waals surface area (Å²) in [4.78, 5) is 12.8. The molecule has 2 aromatic heterocycles. The molecule has 1 aliphatic rings. The third kappa shape index (κ3) is 8.23. The number of hydrogen-bond acceptors (Lipinski definition) is 7. The number of nitrogens with zero attached hydrogens (tertiary/aromatic N) is 4. The Hall–Kier alpha value is -1.79. The molecule has 3 rings (SSSR count). The summed E-state index contributed by atoms with van der Waals surface area (Å²) in [6.07, 6.45) is 5.77. The molecule has 0 bridgehead atoms. The average Bonchev–Trinajstić information content (AvgIpc) is 3.42. The predicted molar refractivity (Wildman–Crippen MR) is 120 cm³/mol. The van der Waals surface area contributed by atoms with Crippen LogP contribution in [-0.2, 0) is 15.9 Å². The second-order valence-corrected chi connectivity index (χ2v) is 6.47. The number of nitrogens with one attached hydrogen (secondary N) is 2. The number of aliphatic imine (C=N–C) groups is 1. The van der Waals surface area contributed by atoms with Crippen molar-refractivity contribution in [2.24, 2.45) is 4.99 Å². The van der Waals surface area contributed by atoms with Gasteiger partial charge in [-0.2, -0.15) is 4.98 Å². The van der Waals surface area contributed by atoms with E-state index in [1.54, 1.807) is 13.2 Å². The van der Waals surface area contributed by atoms with E-state index in [-0.39, 0.29) is 30.1 Å². The van der Waals surface area contributed by atoms with Gasteiger partial charge in [0.1, 0.15) is 5.69 Å². The van der Waals surface area contributed by atoms with Crippen molar-refractivity contribution in [3.8, 4) is 11.6 Å². The zero-order chi connectivity index (χ0) is 19.4. The highest BCUT2D eigenvalue weighted by Crippen LogP contribution is 2.13. The summed E-state index contributed by atoms with van der Waals surface area (Å²) in [7, 11) is 1.75. The molecule has 2 N–H and O–H groups in total. The Morgan fingerprint density at radius 1 is 1.31 bits per heavy atom. The lowest BCUT2D eigenvalue weighted by molar-refractivity contribution is 0.0168. The fourth-order valence-electron chi connectivity index (χ4n) is 2.83. The summed E-state index contributed by atoms with van der Waals surface area (Å²) in [5, 5.41) is 10.5. The Morgan fingerprint density at radius 3 is 2.97 bits per heavy atom. The zero-order valence-corrected chi connectivity index (χ0v) is 19.0. The molecule has 1 unspecified atom stereocenters. The van der Waals surface area contributed by atoms with Crippen molar-refractivity contribution >= 4 is 29.9 Å². The van der Waals surface area contributed by atoms with E-state index in [0.717, 1.165) is 38.4 Å². The number of guanidine groups is 1. The molecule has 10 heteroatoms. The van der Waals surface area contributed by atoms with Crippen molar-refractivity contribution in [2.75, 3.05) is 40.0 Å². The van der Waals surface area contributed by atoms with E-state index < -0.39 is 0 Å². The maximum absolute atomic E-state index is 5.65. The van der Waals surface area contributed by atoms with Crippen LogP contribution >= 0.6 is 24.0 Å². The van der Waals surface area contributed by atoms with Crippen LogP contribution in [0.4, 0.5) is 0 Å². The van der Waals surface area contributed by atoms with Gasteiger partial charge in [-0.25, -0.2) is 0 Å². The normalized spacial score (nSPS) is 16.4. The van der Waals surface area contributed by atoms with E-state index in [4.69, 9.17) is 14.0 Å². The number of halogens is 1. The molecule has 1 saturated heterocycles. The van der Waals surface area contributed by atoms with Gasteiger partial charge in [0.05, 0.1) is 12.7 Å². The van der Waals surface area contributed by atoms with Crippen molar-refractivity contribution in [3.63, 3.8) is 0 Å². The van der Waals surface area contributed by atoms with Gasteiger partial charge >= 0.3 is 0 Å². The van der Waals surface area contributed by atoms with Crippen LogP contribution in [0.2, 0.25) is 0 Å². The fraction of sp³-hybridized carbons (Fsp3) is 0.579. The van der Waals surface area contributed by atoms with Crippen LogP contribution < -0.4 is 10.6 Å². The Balaban J connectivity index is 0.00000300. The molecule has 0 amide bonds. The van der Waals surface area contributed by atoms with Gasteiger partial charge in [0.15, 0.2) is 11.8 Å². The summed E-state index contributed by atoms with van der Waals surface area (Å²) in [6.45, 7) is 3.71. The predicted octanol–water partition coefficient (Wildman–Crippen LogP) is 2.04. The summed E-state index contributed by atoms with van der Waals surface area (Å²) < 4.78 is 16.4. The Labute approximate surface area is 188 Å². The van der Waals surface area contributed by atoms with Gasteiger partial charge in [-0.05, 0) is 31.4 Å². The van der Waals surface area contributed by atoms with E-state index in [1.807, 2.05) is 18.2 Å². The molecule has 160 valence electrons. The van der Waals surface area contributed by atoms with E-state index in [9.17, 15) is 0 Å². The summed E-state index contributed by atoms with van der Waals surface area (Å²) in [6, 6.07) is 5.57. The number of pyridine rings is 1. The fourth-order valence-corrected chi connectivity index (χ4v) is 2.83. The quantitative estimate of drug-likeness (QED) is 0.214. The monoisotopic (exact) mass is 516 g/mol. The lowest BCUT2D eigenvalue weighted by atomic mass is 10.2. The molecular formula is C19H29IN6O3. The summed E-state index contributed by atoms with van der Waals surface area (Å²) in [5.41, 5.74) is 0.674. The number of rotatable bonds is 10. The summed E-state index contributed by atoms with van der Waals surface area (Å²) in [5.74, 6) is 1.81. The van der Waals surface area contributed by atoms with Gasteiger partial charge in [0, 0.05) is 46.0 Å². The van der Waals surface area contributed by atoms with E-state index in [1.165, 1.54) is 0 Å². The van der Waals surface area contributed by atoms with Crippen molar-refractivity contribution in [2.45, 2.75) is 31.8 Å². The molecule has 29 heavy (non-hydrogen) atoms. The molecule has 0 aromatic carbocycles. The Bertz CT molecular complexity index is 722. The number of aromatic nitrogens is 3. The highest BCUT2D eigenvalue weighted by atomic mass is 127. The molecule has 1 atom stereocenters. The molecule has 9 nitrogen and oxygen atoms in total. The number of hydrogen-bond donors (Lipinski definition) is 2. The maximum Gasteiger partial charge on any atom is 0.276 e. The third-order valence-corrected chi connectivity index (χ3v) is 4.30. The minimum Gasteiger partial charge on any atom is -0.379 e. The smallest absolute Gasteiger partial charge is 0.276 e. The van der Waals surface area contributed by atoms with Crippen molar-refractivity contribution < 1.29 is 14.0 Å². The summed E-state index contributed by atoms with van der Waals surface area (Å²) >= 11 is 0. The van der Waals surface area contributed by atoms with Crippen LogP contribution in [0, 0.1) is 0 Å². The second kappa shape index (κ2) is 13.4. The van der Waals surface area contributed by atoms with Crippen LogP contribution in [0.5, 0.6) is 0 Å². The molecule has 0 radical (unpaired) electrons. The minimum atomic E-state index is 0. The van der Waals surface area contributed by atoms with Crippen LogP contribution in [-0.4, -0.2) is 67.1 Å². The van der Waals surface area contributed by atoms with E-state index in [0.29, 0.717) is 43.6 Å². The highest BCUT2D eigenvalue weighted by molar-refractivity contribution is 14.0. The minimum absolute atomic E-state index is 0. The van der Waals surface area contributed by atoms with Gasteiger partial charge in [0.25, 0.3) is 5.89 Å². The Morgan fingerprint density at radius 2 is 2.21 bits per heavy atom. The first kappa shape index (κ1) is 23.5. The molecule has 1 fully saturated rings. The SMILES string of the molecule is CN=C(NCCCOCC1CCCO1)NCCc1noc(-c2ccccn2)n1.I. The van der Waals surface area contributed by atoms with E-state index >= 15 is 0 Å². The second-order valence-electron chi connectivity index (χ2n) is 6.47. The van der Waals surface area contributed by atoms with Crippen LogP contribution in [0.25, 0.3) is 11.6 Å². The first-order chi connectivity index (χ1) is 13.8. The van der Waals surface area contributed by atoms with Gasteiger partial charge in [-0.1, -0.05) is 11.2 Å². The highest BCUT2D eigenvalue weighted by Gasteiger charge is 2.15. The maximum atomic E-state index is 5.65. The van der Waals surface area contributed by atoms with Crippen LogP contribution in [0.3, 0.4) is 0 Å². The van der Waals surface area contributed by atoms with Crippen molar-refractivity contribution in [1.29, 1.82) is 0 Å². The van der Waals surface area contributed by atoms with Gasteiger partial charge in [-0.15, -0.1) is 24.0 Å². The number of ether oxygens (including phenoxy) is 2. The molecule has 0 saturated carbocycles. The third-order valence-electron chi connectivity index (χ3n) is 4.30. The first-order valence-corrected chi connectivity index (χ1v) is 9.73. The largest absolute Gasteiger partial charge is 0.379 e. The molecule has 2 aromatic rings. The van der Waals surface area contributed by atoms with Gasteiger partial charge in [0.2, 0.25) is 0 Å².